The molecule has 0 rings (SSSR count). The van der Waals surface area contributed by atoms with Crippen molar-refractivity contribution < 1.29 is 17.4 Å². The average molecular weight is 326 g/mol. The van der Waals surface area contributed by atoms with Gasteiger partial charge in [-0.1, -0.05) is 0 Å². The van der Waals surface area contributed by atoms with Gasteiger partial charge in [-0.15, -0.1) is 0 Å². The van der Waals surface area contributed by atoms with Gasteiger partial charge in [0.1, 0.15) is 0 Å². The summed E-state index contributed by atoms with van der Waals surface area (Å²) in [5.41, 5.74) is 0. The van der Waals surface area contributed by atoms with Crippen LogP contribution in [0.15, 0.2) is 0 Å². The summed E-state index contributed by atoms with van der Waals surface area (Å²) >= 11 is -1.99. The summed E-state index contributed by atoms with van der Waals surface area (Å²) in [5.74, 6) is 0. The Balaban J connectivity index is 3.51. The molecule has 0 amide bonds. The Morgan fingerprint density at radius 2 is 1.55 bits per heavy atom. The molecule has 0 aromatic heterocycles. The van der Waals surface area contributed by atoms with Gasteiger partial charge in [-0.05, 0) is 0 Å². The number of hydrogen-bond donors (Lipinski definition) is 1. The summed E-state index contributed by atoms with van der Waals surface area (Å²) in [5, 5.41) is 0. The van der Waals surface area contributed by atoms with Crippen molar-refractivity contribution in [3.8, 4) is 0 Å². The van der Waals surface area contributed by atoms with E-state index in [0.717, 1.165) is 0 Å². The Hall–Kier alpha value is 0.700. The first kappa shape index (κ1) is 11.7. The Morgan fingerprint density at radius 1 is 1.00 bits per heavy atom. The van der Waals surface area contributed by atoms with Gasteiger partial charge in [0.05, 0.1) is 0 Å². The molecular formula is C9H23NTa. The van der Waals surface area contributed by atoms with E-state index in [2.05, 4.69) is 20.8 Å². The van der Waals surface area contributed by atoms with Crippen molar-refractivity contribution in [2.45, 2.75) is 53.9 Å². The van der Waals surface area contributed by atoms with Gasteiger partial charge in [0.25, 0.3) is 0 Å². The second-order valence-electron chi connectivity index (χ2n) is 3.28. The standard InChI is InChI=1S/C5H11.2C2H5.H2N.Ta/c1-3-5-4-2;2*1-2;;/h1,3-5H2,2H3;2*1H2,2H3;1H2;/q;;;-1;+1. The molecule has 0 aliphatic rings. The molecule has 0 aliphatic heterocycles. The molecule has 0 saturated carbocycles. The van der Waals surface area contributed by atoms with Crippen LogP contribution in [-0.2, 0) is 17.4 Å². The number of unbranched alkanes of at least 4 members (excludes halogenated alkanes) is 2. The second kappa shape index (κ2) is 6.24. The Morgan fingerprint density at radius 3 is 1.91 bits per heavy atom. The molecule has 2 N–H and O–H groups in total. The summed E-state index contributed by atoms with van der Waals surface area (Å²) in [4.78, 5) is 0. The minimum absolute atomic E-state index is 1.33. The van der Waals surface area contributed by atoms with Gasteiger partial charge in [0.15, 0.2) is 0 Å². The van der Waals surface area contributed by atoms with Crippen LogP contribution >= 0.6 is 0 Å². The molecule has 0 aromatic rings. The van der Waals surface area contributed by atoms with Crippen LogP contribution in [0.1, 0.15) is 40.0 Å². The van der Waals surface area contributed by atoms with Crippen molar-refractivity contribution in [3.05, 3.63) is 0 Å². The van der Waals surface area contributed by atoms with E-state index in [1.165, 1.54) is 33.2 Å². The van der Waals surface area contributed by atoms with Crippen molar-refractivity contribution in [3.63, 3.8) is 0 Å². The fourth-order valence-corrected chi connectivity index (χ4v) is 8.16. The van der Waals surface area contributed by atoms with Gasteiger partial charge in [-0.2, -0.15) is 0 Å². The first-order valence-corrected chi connectivity index (χ1v) is 13.5. The SMILES string of the molecule is CCCC[CH2][Ta]([NH2])([CH2]C)[CH2]C. The molecule has 11 heavy (non-hydrogen) atoms. The van der Waals surface area contributed by atoms with E-state index in [1.807, 2.05) is 0 Å². The van der Waals surface area contributed by atoms with Crippen molar-refractivity contribution >= 4 is 0 Å². The topological polar surface area (TPSA) is 26.0 Å². The van der Waals surface area contributed by atoms with E-state index in [1.54, 1.807) is 0 Å². The molecule has 0 aromatic carbocycles. The zero-order valence-corrected chi connectivity index (χ0v) is 11.5. The normalized spacial score (nSPS) is 12.0. The van der Waals surface area contributed by atoms with Crippen LogP contribution in [0.4, 0.5) is 0 Å². The summed E-state index contributed by atoms with van der Waals surface area (Å²) in [6.45, 7) is 6.83. The third kappa shape index (κ3) is 5.02. The van der Waals surface area contributed by atoms with Crippen molar-refractivity contribution in [1.82, 2.24) is 0 Å². The zero-order chi connectivity index (χ0) is 8.74. The van der Waals surface area contributed by atoms with E-state index in [9.17, 15) is 0 Å². The Labute approximate surface area is 75.6 Å². The van der Waals surface area contributed by atoms with Gasteiger partial charge >= 0.3 is 75.5 Å². The van der Waals surface area contributed by atoms with Crippen molar-refractivity contribution in [2.24, 2.45) is 4.14 Å². The quantitative estimate of drug-likeness (QED) is 0.743. The molecule has 0 fully saturated rings. The molecule has 69 valence electrons. The van der Waals surface area contributed by atoms with E-state index in [-0.39, 0.29) is 0 Å². The van der Waals surface area contributed by atoms with E-state index < -0.39 is 17.4 Å². The summed E-state index contributed by atoms with van der Waals surface area (Å²) < 4.78 is 10.4. The van der Waals surface area contributed by atoms with Crippen molar-refractivity contribution in [1.29, 1.82) is 0 Å². The van der Waals surface area contributed by atoms with E-state index in [0.29, 0.717) is 0 Å². The number of nitrogens with two attached hydrogens (primary N) is 1. The first-order valence-electron chi connectivity index (χ1n) is 4.83. The average Bonchev–Trinajstić information content (AvgIpc) is 2.05. The maximum absolute atomic E-state index is 6.35. The minimum atomic E-state index is -1.99. The predicted molar refractivity (Wildman–Crippen MR) is 49.5 cm³/mol. The molecule has 0 radical (unpaired) electrons. The van der Waals surface area contributed by atoms with Gasteiger partial charge < -0.3 is 0 Å². The predicted octanol–water partition coefficient (Wildman–Crippen LogP) is 3.50. The molecule has 0 heterocycles. The molecule has 0 saturated heterocycles. The third-order valence-corrected chi connectivity index (χ3v) is 15.9. The third-order valence-electron chi connectivity index (χ3n) is 2.47. The van der Waals surface area contributed by atoms with Gasteiger partial charge in [0, 0.05) is 0 Å². The second-order valence-corrected chi connectivity index (χ2v) is 18.2. The van der Waals surface area contributed by atoms with Crippen LogP contribution in [-0.4, -0.2) is 0 Å². The molecule has 0 unspecified atom stereocenters. The Kier molecular flexibility index (Phi) is 6.64. The first-order chi connectivity index (χ1) is 5.18. The van der Waals surface area contributed by atoms with Crippen LogP contribution in [0.5, 0.6) is 0 Å². The zero-order valence-electron chi connectivity index (χ0n) is 8.27. The maximum atomic E-state index is 6.35. The van der Waals surface area contributed by atoms with Crippen LogP contribution in [0.3, 0.4) is 0 Å². The Bertz CT molecular complexity index is 89.6. The van der Waals surface area contributed by atoms with Crippen molar-refractivity contribution in [2.75, 3.05) is 0 Å². The van der Waals surface area contributed by atoms with Crippen LogP contribution in [0.25, 0.3) is 0 Å². The molecule has 0 bridgehead atoms. The van der Waals surface area contributed by atoms with Crippen LogP contribution in [0.2, 0.25) is 13.9 Å². The number of hydrogen-bond acceptors (Lipinski definition) is 1. The molecule has 0 atom stereocenters. The molecule has 0 aliphatic carbocycles. The fourth-order valence-electron chi connectivity index (χ4n) is 1.22. The molecule has 1 nitrogen and oxygen atoms in total. The van der Waals surface area contributed by atoms with E-state index in [4.69, 9.17) is 4.14 Å². The number of rotatable bonds is 6. The molecule has 0 spiro atoms. The fraction of sp³-hybridized carbons (Fsp3) is 1.00. The monoisotopic (exact) mass is 326 g/mol. The van der Waals surface area contributed by atoms with Crippen LogP contribution < -0.4 is 4.14 Å². The summed E-state index contributed by atoms with van der Waals surface area (Å²) in [6, 6.07) is 0. The molecular weight excluding hydrogens is 303 g/mol. The summed E-state index contributed by atoms with van der Waals surface area (Å²) in [7, 11) is 0. The van der Waals surface area contributed by atoms with Gasteiger partial charge in [-0.3, -0.25) is 0 Å². The summed E-state index contributed by atoms with van der Waals surface area (Å²) in [6.07, 6.45) is 4.11. The van der Waals surface area contributed by atoms with E-state index >= 15 is 0 Å². The van der Waals surface area contributed by atoms with Gasteiger partial charge in [-0.25, -0.2) is 0 Å². The van der Waals surface area contributed by atoms with Gasteiger partial charge in [0.2, 0.25) is 0 Å². The van der Waals surface area contributed by atoms with Crippen LogP contribution in [0, 0.1) is 0 Å². The molecule has 2 heteroatoms.